The minimum Gasteiger partial charge on any atom is -0.321 e. The molecule has 0 spiro atoms. The second-order valence-electron chi connectivity index (χ2n) is 4.35. The fourth-order valence-electron chi connectivity index (χ4n) is 1.76. The first-order chi connectivity index (χ1) is 9.79. The van der Waals surface area contributed by atoms with Gasteiger partial charge < -0.3 is 5.32 Å². The van der Waals surface area contributed by atoms with E-state index in [1.807, 2.05) is 6.92 Å². The fourth-order valence-corrected chi connectivity index (χ4v) is 2.63. The van der Waals surface area contributed by atoms with E-state index in [9.17, 15) is 17.1 Å². The molecule has 0 aliphatic rings. The summed E-state index contributed by atoms with van der Waals surface area (Å²) in [5.74, 6) is -0.512. The molecular formula is C14H11BrFNO3S. The molecule has 2 aromatic rings. The van der Waals surface area contributed by atoms with E-state index in [0.717, 1.165) is 16.1 Å². The van der Waals surface area contributed by atoms with Gasteiger partial charge in [0, 0.05) is 10.0 Å². The first kappa shape index (κ1) is 15.7. The van der Waals surface area contributed by atoms with Crippen LogP contribution in [0.5, 0.6) is 0 Å². The molecule has 4 nitrogen and oxygen atoms in total. The largest absolute Gasteiger partial charge is 0.334 e. The second-order valence-corrected chi connectivity index (χ2v) is 6.52. The van der Waals surface area contributed by atoms with Crippen LogP contribution in [0.15, 0.2) is 51.8 Å². The molecule has 110 valence electrons. The number of amides is 1. The molecular weight excluding hydrogens is 361 g/mol. The van der Waals surface area contributed by atoms with Gasteiger partial charge in [0.05, 0.1) is 5.69 Å². The number of anilines is 1. The lowest BCUT2D eigenvalue weighted by molar-refractivity contribution is 0.102. The first-order valence-electron chi connectivity index (χ1n) is 5.90. The van der Waals surface area contributed by atoms with Crippen LogP contribution < -0.4 is 5.32 Å². The number of carbonyl (C=O) groups is 1. The van der Waals surface area contributed by atoms with Crippen LogP contribution in [0.25, 0.3) is 0 Å². The summed E-state index contributed by atoms with van der Waals surface area (Å²) >= 11 is 3.32. The SMILES string of the molecule is Cc1cc(C(=O)Nc2ccccc2S(=O)(=O)F)ccc1Br. The highest BCUT2D eigenvalue weighted by atomic mass is 79.9. The van der Waals surface area contributed by atoms with Gasteiger partial charge in [-0.05, 0) is 42.8 Å². The lowest BCUT2D eigenvalue weighted by Gasteiger charge is -2.09. The van der Waals surface area contributed by atoms with E-state index in [1.54, 1.807) is 18.2 Å². The molecule has 0 aliphatic carbocycles. The molecule has 2 aromatic carbocycles. The van der Waals surface area contributed by atoms with Crippen LogP contribution in [-0.2, 0) is 10.2 Å². The number of rotatable bonds is 3. The predicted molar refractivity (Wildman–Crippen MR) is 81.6 cm³/mol. The first-order valence-corrected chi connectivity index (χ1v) is 8.08. The van der Waals surface area contributed by atoms with Gasteiger partial charge in [0.15, 0.2) is 0 Å². The minimum atomic E-state index is -4.90. The van der Waals surface area contributed by atoms with Crippen LogP contribution in [0.3, 0.4) is 0 Å². The van der Waals surface area contributed by atoms with Crippen LogP contribution in [-0.4, -0.2) is 14.3 Å². The third-order valence-corrected chi connectivity index (χ3v) is 4.59. The zero-order valence-corrected chi connectivity index (χ0v) is 13.3. The van der Waals surface area contributed by atoms with E-state index in [1.165, 1.54) is 18.2 Å². The molecule has 0 bridgehead atoms. The van der Waals surface area contributed by atoms with Gasteiger partial charge >= 0.3 is 10.2 Å². The molecule has 0 unspecified atom stereocenters. The van der Waals surface area contributed by atoms with E-state index >= 15 is 0 Å². The Morgan fingerprint density at radius 2 is 1.86 bits per heavy atom. The molecule has 0 saturated heterocycles. The van der Waals surface area contributed by atoms with Crippen LogP contribution in [0.1, 0.15) is 15.9 Å². The van der Waals surface area contributed by atoms with Crippen molar-refractivity contribution in [2.75, 3.05) is 5.32 Å². The molecule has 0 aliphatic heterocycles. The highest BCUT2D eigenvalue weighted by molar-refractivity contribution is 9.10. The van der Waals surface area contributed by atoms with Gasteiger partial charge in [-0.2, -0.15) is 8.42 Å². The van der Waals surface area contributed by atoms with Crippen molar-refractivity contribution in [3.63, 3.8) is 0 Å². The Morgan fingerprint density at radius 1 is 1.19 bits per heavy atom. The van der Waals surface area contributed by atoms with E-state index in [2.05, 4.69) is 21.2 Å². The Kier molecular flexibility index (Phi) is 4.43. The summed E-state index contributed by atoms with van der Waals surface area (Å²) in [4.78, 5) is 11.6. The van der Waals surface area contributed by atoms with Gasteiger partial charge in [-0.15, -0.1) is 3.89 Å². The van der Waals surface area contributed by atoms with Crippen molar-refractivity contribution in [2.24, 2.45) is 0 Å². The normalized spacial score (nSPS) is 11.2. The molecule has 7 heteroatoms. The quantitative estimate of drug-likeness (QED) is 0.837. The Hall–Kier alpha value is -1.73. The van der Waals surface area contributed by atoms with Gasteiger partial charge in [-0.1, -0.05) is 28.1 Å². The molecule has 0 saturated carbocycles. The van der Waals surface area contributed by atoms with Gasteiger partial charge in [-0.3, -0.25) is 4.79 Å². The smallest absolute Gasteiger partial charge is 0.321 e. The summed E-state index contributed by atoms with van der Waals surface area (Å²) in [5.41, 5.74) is 1.11. The monoisotopic (exact) mass is 371 g/mol. The van der Waals surface area contributed by atoms with E-state index in [-0.39, 0.29) is 5.69 Å². The third kappa shape index (κ3) is 3.68. The van der Waals surface area contributed by atoms with Crippen LogP contribution >= 0.6 is 15.9 Å². The summed E-state index contributed by atoms with van der Waals surface area (Å²) in [6.45, 7) is 1.82. The number of aryl methyl sites for hydroxylation is 1. The van der Waals surface area contributed by atoms with Crippen LogP contribution in [0.2, 0.25) is 0 Å². The Bertz CT molecular complexity index is 806. The van der Waals surface area contributed by atoms with Gasteiger partial charge in [0.2, 0.25) is 0 Å². The zero-order chi connectivity index (χ0) is 15.6. The number of nitrogens with one attached hydrogen (secondary N) is 1. The topological polar surface area (TPSA) is 63.2 Å². The third-order valence-electron chi connectivity index (χ3n) is 2.82. The summed E-state index contributed by atoms with van der Waals surface area (Å²) in [6.07, 6.45) is 0. The summed E-state index contributed by atoms with van der Waals surface area (Å²) < 4.78 is 36.1. The van der Waals surface area contributed by atoms with Gasteiger partial charge in [0.25, 0.3) is 5.91 Å². The van der Waals surface area contributed by atoms with E-state index < -0.39 is 21.0 Å². The van der Waals surface area contributed by atoms with Crippen molar-refractivity contribution < 1.29 is 17.1 Å². The Labute approximate surface area is 130 Å². The van der Waals surface area contributed by atoms with E-state index in [0.29, 0.717) is 5.56 Å². The molecule has 0 aromatic heterocycles. The molecule has 0 atom stereocenters. The number of carbonyl (C=O) groups excluding carboxylic acids is 1. The van der Waals surface area contributed by atoms with Gasteiger partial charge in [0.1, 0.15) is 4.90 Å². The lowest BCUT2D eigenvalue weighted by Crippen LogP contribution is -2.14. The average molecular weight is 372 g/mol. The maximum atomic E-state index is 13.2. The minimum absolute atomic E-state index is 0.0921. The number of para-hydroxylation sites is 1. The van der Waals surface area contributed by atoms with Crippen molar-refractivity contribution in [3.8, 4) is 0 Å². The second kappa shape index (κ2) is 5.95. The summed E-state index contributed by atoms with van der Waals surface area (Å²) in [7, 11) is -4.90. The average Bonchev–Trinajstić information content (AvgIpc) is 2.41. The molecule has 1 amide bonds. The molecule has 1 N–H and O–H groups in total. The van der Waals surface area contributed by atoms with Gasteiger partial charge in [-0.25, -0.2) is 0 Å². The Balaban J connectivity index is 2.34. The summed E-state index contributed by atoms with van der Waals surface area (Å²) in [6, 6.07) is 10.3. The van der Waals surface area contributed by atoms with Crippen molar-refractivity contribution in [2.45, 2.75) is 11.8 Å². The molecule has 21 heavy (non-hydrogen) atoms. The van der Waals surface area contributed by atoms with Crippen molar-refractivity contribution >= 4 is 37.7 Å². The van der Waals surface area contributed by atoms with Crippen molar-refractivity contribution in [1.82, 2.24) is 0 Å². The maximum Gasteiger partial charge on any atom is 0.334 e. The number of hydrogen-bond donors (Lipinski definition) is 1. The fraction of sp³-hybridized carbons (Fsp3) is 0.0714. The predicted octanol–water partition coefficient (Wildman–Crippen LogP) is 3.67. The van der Waals surface area contributed by atoms with Crippen molar-refractivity contribution in [1.29, 1.82) is 0 Å². The molecule has 0 heterocycles. The van der Waals surface area contributed by atoms with E-state index in [4.69, 9.17) is 0 Å². The molecule has 0 fully saturated rings. The van der Waals surface area contributed by atoms with Crippen LogP contribution in [0, 0.1) is 6.92 Å². The number of benzene rings is 2. The molecule has 0 radical (unpaired) electrons. The lowest BCUT2D eigenvalue weighted by atomic mass is 10.1. The highest BCUT2D eigenvalue weighted by Crippen LogP contribution is 2.24. The Morgan fingerprint density at radius 3 is 2.48 bits per heavy atom. The maximum absolute atomic E-state index is 13.2. The zero-order valence-electron chi connectivity index (χ0n) is 10.9. The molecule has 2 rings (SSSR count). The van der Waals surface area contributed by atoms with Crippen molar-refractivity contribution in [3.05, 3.63) is 58.1 Å². The highest BCUT2D eigenvalue weighted by Gasteiger charge is 2.18. The standard InChI is InChI=1S/C14H11BrFNO3S/c1-9-8-10(6-7-11(9)15)14(18)17-12-4-2-3-5-13(12)21(16,19)20/h2-8H,1H3,(H,17,18). The number of hydrogen-bond acceptors (Lipinski definition) is 3. The number of halogens is 2. The van der Waals surface area contributed by atoms with Crippen LogP contribution in [0.4, 0.5) is 9.57 Å². The summed E-state index contributed by atoms with van der Waals surface area (Å²) in [5, 5.41) is 2.41.